The number of halogens is 2. The molecule has 100 valence electrons. The van der Waals surface area contributed by atoms with E-state index in [9.17, 15) is 4.79 Å². The van der Waals surface area contributed by atoms with Crippen LogP contribution in [-0.2, 0) is 4.79 Å². The fourth-order valence-corrected chi connectivity index (χ4v) is 1.84. The smallest absolute Gasteiger partial charge is 0.303 e. The number of hydrogen-bond donors (Lipinski definition) is 1. The third-order valence-corrected chi connectivity index (χ3v) is 2.98. The van der Waals surface area contributed by atoms with E-state index in [4.69, 9.17) is 33.0 Å². The van der Waals surface area contributed by atoms with Gasteiger partial charge in [-0.05, 0) is 25.0 Å². The lowest BCUT2D eigenvalue weighted by atomic mass is 10.1. The van der Waals surface area contributed by atoms with Crippen LogP contribution in [0.5, 0.6) is 5.75 Å². The third kappa shape index (κ3) is 6.12. The average Bonchev–Trinajstić information content (AvgIpc) is 2.32. The Morgan fingerprint density at radius 3 is 2.61 bits per heavy atom. The summed E-state index contributed by atoms with van der Waals surface area (Å²) in [6.45, 7) is 0.563. The number of hydrogen-bond acceptors (Lipinski definition) is 2. The summed E-state index contributed by atoms with van der Waals surface area (Å²) in [5.41, 5.74) is 0. The minimum absolute atomic E-state index is 0.237. The summed E-state index contributed by atoms with van der Waals surface area (Å²) in [6, 6.07) is 5.10. The Labute approximate surface area is 117 Å². The number of ether oxygens (including phenoxy) is 1. The van der Waals surface area contributed by atoms with Gasteiger partial charge in [0, 0.05) is 17.5 Å². The molecule has 3 nitrogen and oxygen atoms in total. The third-order valence-electron chi connectivity index (χ3n) is 2.44. The van der Waals surface area contributed by atoms with Crippen LogP contribution >= 0.6 is 23.2 Å². The van der Waals surface area contributed by atoms with E-state index in [1.54, 1.807) is 18.2 Å². The molecule has 0 aliphatic carbocycles. The van der Waals surface area contributed by atoms with E-state index < -0.39 is 5.97 Å². The predicted molar refractivity (Wildman–Crippen MR) is 72.7 cm³/mol. The summed E-state index contributed by atoms with van der Waals surface area (Å²) in [4.78, 5) is 10.3. The van der Waals surface area contributed by atoms with Crippen molar-refractivity contribution >= 4 is 29.2 Å². The van der Waals surface area contributed by atoms with Crippen LogP contribution < -0.4 is 4.74 Å². The predicted octanol–water partition coefficient (Wildman–Crippen LogP) is 4.41. The fourth-order valence-electron chi connectivity index (χ4n) is 1.50. The van der Waals surface area contributed by atoms with Gasteiger partial charge < -0.3 is 9.84 Å². The van der Waals surface area contributed by atoms with E-state index in [0.29, 0.717) is 28.8 Å². The second-order valence-corrected chi connectivity index (χ2v) is 4.82. The summed E-state index contributed by atoms with van der Waals surface area (Å²) in [5, 5.41) is 9.61. The van der Waals surface area contributed by atoms with Crippen molar-refractivity contribution in [2.75, 3.05) is 6.61 Å². The van der Waals surface area contributed by atoms with Crippen LogP contribution in [0.4, 0.5) is 0 Å². The molecule has 0 radical (unpaired) electrons. The molecule has 0 unspecified atom stereocenters. The Bertz CT molecular complexity index is 394. The zero-order valence-corrected chi connectivity index (χ0v) is 11.5. The lowest BCUT2D eigenvalue weighted by Gasteiger charge is -2.08. The SMILES string of the molecule is O=C(O)CCCCCCOc1cc(Cl)ccc1Cl. The number of benzene rings is 1. The molecule has 0 saturated carbocycles. The van der Waals surface area contributed by atoms with Gasteiger partial charge in [-0.25, -0.2) is 0 Å². The van der Waals surface area contributed by atoms with Gasteiger partial charge in [-0.2, -0.15) is 0 Å². The van der Waals surface area contributed by atoms with Crippen molar-refractivity contribution in [2.45, 2.75) is 32.1 Å². The summed E-state index contributed by atoms with van der Waals surface area (Å²) in [5.74, 6) is -0.147. The van der Waals surface area contributed by atoms with Gasteiger partial charge in [0.2, 0.25) is 0 Å². The summed E-state index contributed by atoms with van der Waals surface area (Å²) < 4.78 is 5.51. The molecule has 0 amide bonds. The Morgan fingerprint density at radius 1 is 1.17 bits per heavy atom. The van der Waals surface area contributed by atoms with Crippen molar-refractivity contribution in [3.8, 4) is 5.75 Å². The Balaban J connectivity index is 2.14. The second-order valence-electron chi connectivity index (χ2n) is 3.98. The Kier molecular flexibility index (Phi) is 6.91. The molecule has 0 spiro atoms. The normalized spacial score (nSPS) is 10.3. The van der Waals surface area contributed by atoms with Gasteiger partial charge >= 0.3 is 5.97 Å². The molecule has 0 heterocycles. The van der Waals surface area contributed by atoms with Crippen molar-refractivity contribution in [1.29, 1.82) is 0 Å². The van der Waals surface area contributed by atoms with Gasteiger partial charge in [0.1, 0.15) is 5.75 Å². The van der Waals surface area contributed by atoms with Crippen molar-refractivity contribution in [1.82, 2.24) is 0 Å². The summed E-state index contributed by atoms with van der Waals surface area (Å²) in [7, 11) is 0. The van der Waals surface area contributed by atoms with Crippen LogP contribution in [0.15, 0.2) is 18.2 Å². The first-order valence-electron chi connectivity index (χ1n) is 5.89. The molecule has 1 rings (SSSR count). The van der Waals surface area contributed by atoms with Gasteiger partial charge in [-0.15, -0.1) is 0 Å². The van der Waals surface area contributed by atoms with Gasteiger partial charge in [0.15, 0.2) is 0 Å². The van der Waals surface area contributed by atoms with E-state index in [1.807, 2.05) is 0 Å². The van der Waals surface area contributed by atoms with E-state index in [0.717, 1.165) is 19.3 Å². The van der Waals surface area contributed by atoms with Crippen molar-refractivity contribution < 1.29 is 14.6 Å². The molecular formula is C13H16Cl2O3. The minimum Gasteiger partial charge on any atom is -0.492 e. The molecule has 0 fully saturated rings. The number of aliphatic carboxylic acids is 1. The Hall–Kier alpha value is -0.930. The van der Waals surface area contributed by atoms with Crippen molar-refractivity contribution in [2.24, 2.45) is 0 Å². The van der Waals surface area contributed by atoms with Crippen LogP contribution in [-0.4, -0.2) is 17.7 Å². The molecule has 5 heteroatoms. The Morgan fingerprint density at radius 2 is 1.89 bits per heavy atom. The van der Waals surface area contributed by atoms with Crippen LogP contribution in [0.3, 0.4) is 0 Å². The van der Waals surface area contributed by atoms with Crippen molar-refractivity contribution in [3.63, 3.8) is 0 Å². The number of rotatable bonds is 8. The molecule has 0 aromatic heterocycles. The lowest BCUT2D eigenvalue weighted by molar-refractivity contribution is -0.137. The fraction of sp³-hybridized carbons (Fsp3) is 0.462. The molecule has 1 N–H and O–H groups in total. The number of unbranched alkanes of at least 4 members (excludes halogenated alkanes) is 3. The zero-order valence-electron chi connectivity index (χ0n) is 9.99. The standard InChI is InChI=1S/C13H16Cl2O3/c14-10-6-7-11(15)12(9-10)18-8-4-2-1-3-5-13(16)17/h6-7,9H,1-5,8H2,(H,16,17). The molecule has 0 aliphatic rings. The second kappa shape index (κ2) is 8.22. The first kappa shape index (κ1) is 15.1. The minimum atomic E-state index is -0.739. The largest absolute Gasteiger partial charge is 0.492 e. The molecule has 1 aromatic carbocycles. The van der Waals surface area contributed by atoms with Gasteiger partial charge in [-0.3, -0.25) is 4.79 Å². The molecule has 1 aromatic rings. The first-order valence-corrected chi connectivity index (χ1v) is 6.65. The molecule has 18 heavy (non-hydrogen) atoms. The van der Waals surface area contributed by atoms with Gasteiger partial charge in [0.25, 0.3) is 0 Å². The van der Waals surface area contributed by atoms with E-state index in [1.165, 1.54) is 0 Å². The van der Waals surface area contributed by atoms with Gasteiger partial charge in [-0.1, -0.05) is 36.0 Å². The average molecular weight is 291 g/mol. The van der Waals surface area contributed by atoms with Crippen molar-refractivity contribution in [3.05, 3.63) is 28.2 Å². The maximum atomic E-state index is 10.3. The lowest BCUT2D eigenvalue weighted by Crippen LogP contribution is -1.98. The molecular weight excluding hydrogens is 275 g/mol. The molecule has 0 atom stereocenters. The molecule has 0 bridgehead atoms. The highest BCUT2D eigenvalue weighted by atomic mass is 35.5. The van der Waals surface area contributed by atoms with Gasteiger partial charge in [0.05, 0.1) is 11.6 Å². The van der Waals surface area contributed by atoms with E-state index in [-0.39, 0.29) is 6.42 Å². The van der Waals surface area contributed by atoms with E-state index in [2.05, 4.69) is 0 Å². The van der Waals surface area contributed by atoms with Crippen LogP contribution in [0.2, 0.25) is 10.0 Å². The van der Waals surface area contributed by atoms with Crippen LogP contribution in [0.25, 0.3) is 0 Å². The monoisotopic (exact) mass is 290 g/mol. The highest BCUT2D eigenvalue weighted by Gasteiger charge is 2.02. The highest BCUT2D eigenvalue weighted by Crippen LogP contribution is 2.27. The quantitative estimate of drug-likeness (QED) is 0.722. The topological polar surface area (TPSA) is 46.5 Å². The maximum absolute atomic E-state index is 10.3. The van der Waals surface area contributed by atoms with Crippen LogP contribution in [0, 0.1) is 0 Å². The maximum Gasteiger partial charge on any atom is 0.303 e. The zero-order chi connectivity index (χ0) is 13.4. The first-order chi connectivity index (χ1) is 8.59. The molecule has 0 saturated heterocycles. The molecule has 0 aliphatic heterocycles. The number of carbonyl (C=O) groups is 1. The summed E-state index contributed by atoms with van der Waals surface area (Å²) in [6.07, 6.45) is 3.68. The number of carboxylic acid groups (broad SMARTS) is 1. The van der Waals surface area contributed by atoms with E-state index >= 15 is 0 Å². The summed E-state index contributed by atoms with van der Waals surface area (Å²) >= 11 is 11.8. The van der Waals surface area contributed by atoms with Crippen LogP contribution in [0.1, 0.15) is 32.1 Å². The highest BCUT2D eigenvalue weighted by molar-refractivity contribution is 6.34. The number of carboxylic acids is 1.